The van der Waals surface area contributed by atoms with Gasteiger partial charge in [0.25, 0.3) is 0 Å². The van der Waals surface area contributed by atoms with Gasteiger partial charge in [0.15, 0.2) is 0 Å². The molecule has 0 aromatic heterocycles. The number of rotatable bonds is 9. The fourth-order valence-electron chi connectivity index (χ4n) is 3.13. The van der Waals surface area contributed by atoms with E-state index in [-0.39, 0.29) is 0 Å². The fourth-order valence-corrected chi connectivity index (χ4v) is 3.13. The van der Waals surface area contributed by atoms with Gasteiger partial charge in [-0.3, -0.25) is 0 Å². The summed E-state index contributed by atoms with van der Waals surface area (Å²) in [5.41, 5.74) is 4.27. The van der Waals surface area contributed by atoms with Crippen LogP contribution in [-0.2, 0) is 19.3 Å². The zero-order valence-electron chi connectivity index (χ0n) is 14.9. The lowest BCUT2D eigenvalue weighted by atomic mass is 10.1. The third-order valence-electron chi connectivity index (χ3n) is 4.68. The Bertz CT molecular complexity index is 603. The Hall–Kier alpha value is -2.38. The van der Waals surface area contributed by atoms with Gasteiger partial charge >= 0.3 is 0 Å². The van der Waals surface area contributed by atoms with E-state index in [0.29, 0.717) is 0 Å². The van der Waals surface area contributed by atoms with Crippen molar-refractivity contribution in [1.82, 2.24) is 4.90 Å². The van der Waals surface area contributed by atoms with Gasteiger partial charge in [0.05, 0.1) is 0 Å². The van der Waals surface area contributed by atoms with Crippen molar-refractivity contribution >= 4 is 0 Å². The van der Waals surface area contributed by atoms with Crippen LogP contribution in [0, 0.1) is 0 Å². The molecule has 3 aromatic rings. The van der Waals surface area contributed by atoms with Crippen molar-refractivity contribution in [1.29, 1.82) is 0 Å². The number of nitrogens with zero attached hydrogens (tertiary/aromatic N) is 1. The lowest BCUT2D eigenvalue weighted by Crippen LogP contribution is -2.30. The van der Waals surface area contributed by atoms with E-state index in [1.165, 1.54) is 16.7 Å². The molecule has 0 saturated heterocycles. The molecule has 3 aromatic carbocycles. The summed E-state index contributed by atoms with van der Waals surface area (Å²) in [6.07, 6.45) is 3.35. The minimum absolute atomic E-state index is 1.11. The van der Waals surface area contributed by atoms with E-state index in [1.807, 2.05) is 0 Å². The van der Waals surface area contributed by atoms with E-state index >= 15 is 0 Å². The van der Waals surface area contributed by atoms with Crippen molar-refractivity contribution in [3.8, 4) is 0 Å². The van der Waals surface area contributed by atoms with Crippen LogP contribution in [0.2, 0.25) is 0 Å². The Morgan fingerprint density at radius 2 is 0.680 bits per heavy atom. The van der Waals surface area contributed by atoms with E-state index < -0.39 is 0 Å². The molecule has 0 radical (unpaired) electrons. The molecule has 0 spiro atoms. The first kappa shape index (κ1) is 17.4. The maximum atomic E-state index is 2.60. The number of benzene rings is 3. The summed E-state index contributed by atoms with van der Waals surface area (Å²) in [4.78, 5) is 2.60. The van der Waals surface area contributed by atoms with Crippen molar-refractivity contribution in [3.05, 3.63) is 108 Å². The highest BCUT2D eigenvalue weighted by Gasteiger charge is 2.06. The second-order valence-corrected chi connectivity index (χ2v) is 6.55. The van der Waals surface area contributed by atoms with Crippen LogP contribution in [0.1, 0.15) is 16.7 Å². The van der Waals surface area contributed by atoms with Gasteiger partial charge in [0.1, 0.15) is 0 Å². The maximum Gasteiger partial charge on any atom is 0.00221 e. The first-order valence-corrected chi connectivity index (χ1v) is 9.24. The highest BCUT2D eigenvalue weighted by Crippen LogP contribution is 2.07. The van der Waals surface area contributed by atoms with Crippen molar-refractivity contribution in [2.24, 2.45) is 0 Å². The van der Waals surface area contributed by atoms with E-state index in [2.05, 4.69) is 95.9 Å². The molecule has 0 fully saturated rings. The molecular weight excluding hydrogens is 302 g/mol. The predicted octanol–water partition coefficient (Wildman–Crippen LogP) is 5.02. The van der Waals surface area contributed by atoms with Crippen LogP contribution in [0.3, 0.4) is 0 Å². The summed E-state index contributed by atoms with van der Waals surface area (Å²) >= 11 is 0. The quantitative estimate of drug-likeness (QED) is 0.533. The monoisotopic (exact) mass is 329 g/mol. The van der Waals surface area contributed by atoms with E-state index in [4.69, 9.17) is 0 Å². The van der Waals surface area contributed by atoms with Gasteiger partial charge in [0.2, 0.25) is 0 Å². The van der Waals surface area contributed by atoms with Crippen LogP contribution in [0.15, 0.2) is 91.0 Å². The van der Waals surface area contributed by atoms with Gasteiger partial charge in [-0.05, 0) is 36.0 Å². The summed E-state index contributed by atoms with van der Waals surface area (Å²) in [5, 5.41) is 0. The molecule has 0 aliphatic rings. The Morgan fingerprint density at radius 3 is 0.960 bits per heavy atom. The molecule has 0 aliphatic heterocycles. The minimum Gasteiger partial charge on any atom is -0.302 e. The third kappa shape index (κ3) is 6.21. The highest BCUT2D eigenvalue weighted by molar-refractivity contribution is 5.17. The van der Waals surface area contributed by atoms with E-state index in [9.17, 15) is 0 Å². The van der Waals surface area contributed by atoms with Gasteiger partial charge in [-0.2, -0.15) is 0 Å². The molecule has 128 valence electrons. The number of hydrogen-bond donors (Lipinski definition) is 0. The molecular formula is C24H27N. The smallest absolute Gasteiger partial charge is 0.00221 e. The van der Waals surface area contributed by atoms with Crippen LogP contribution in [0.25, 0.3) is 0 Å². The number of hydrogen-bond acceptors (Lipinski definition) is 1. The second-order valence-electron chi connectivity index (χ2n) is 6.55. The van der Waals surface area contributed by atoms with Crippen LogP contribution >= 0.6 is 0 Å². The predicted molar refractivity (Wildman–Crippen MR) is 107 cm³/mol. The summed E-state index contributed by atoms with van der Waals surface area (Å²) in [5.74, 6) is 0. The van der Waals surface area contributed by atoms with Crippen molar-refractivity contribution < 1.29 is 0 Å². The zero-order valence-corrected chi connectivity index (χ0v) is 14.9. The summed E-state index contributed by atoms with van der Waals surface area (Å²) < 4.78 is 0. The van der Waals surface area contributed by atoms with Gasteiger partial charge in [-0.1, -0.05) is 91.0 Å². The molecule has 1 nitrogen and oxygen atoms in total. The van der Waals surface area contributed by atoms with Crippen LogP contribution < -0.4 is 0 Å². The van der Waals surface area contributed by atoms with Crippen molar-refractivity contribution in [3.63, 3.8) is 0 Å². The first-order chi connectivity index (χ1) is 12.4. The molecule has 0 unspecified atom stereocenters. The third-order valence-corrected chi connectivity index (χ3v) is 4.68. The van der Waals surface area contributed by atoms with Crippen molar-refractivity contribution in [2.45, 2.75) is 19.3 Å². The van der Waals surface area contributed by atoms with Crippen LogP contribution in [-0.4, -0.2) is 24.5 Å². The largest absolute Gasteiger partial charge is 0.302 e. The Morgan fingerprint density at radius 1 is 0.400 bits per heavy atom. The zero-order chi connectivity index (χ0) is 17.2. The average Bonchev–Trinajstić information content (AvgIpc) is 2.70. The molecule has 0 N–H and O–H groups in total. The topological polar surface area (TPSA) is 3.24 Å². The second kappa shape index (κ2) is 9.80. The lowest BCUT2D eigenvalue weighted by Gasteiger charge is -2.22. The standard InChI is InChI=1S/C24H27N/c1-4-10-22(11-5-1)16-19-25(20-17-23-12-6-2-7-13-23)21-18-24-14-8-3-9-15-24/h1-15H,16-21H2. The first-order valence-electron chi connectivity index (χ1n) is 9.24. The summed E-state index contributed by atoms with van der Waals surface area (Å²) in [6.45, 7) is 3.34. The molecule has 25 heavy (non-hydrogen) atoms. The van der Waals surface area contributed by atoms with Gasteiger partial charge in [0, 0.05) is 19.6 Å². The van der Waals surface area contributed by atoms with Crippen molar-refractivity contribution in [2.75, 3.05) is 19.6 Å². The fraction of sp³-hybridized carbons (Fsp3) is 0.250. The van der Waals surface area contributed by atoms with Gasteiger partial charge < -0.3 is 4.90 Å². The molecule has 0 aliphatic carbocycles. The highest BCUT2D eigenvalue weighted by atomic mass is 15.1. The Balaban J connectivity index is 1.56. The van der Waals surface area contributed by atoms with E-state index in [0.717, 1.165) is 38.9 Å². The molecule has 3 rings (SSSR count). The van der Waals surface area contributed by atoms with Crippen LogP contribution in [0.4, 0.5) is 0 Å². The van der Waals surface area contributed by atoms with Gasteiger partial charge in [-0.25, -0.2) is 0 Å². The molecule has 0 atom stereocenters. The minimum atomic E-state index is 1.11. The SMILES string of the molecule is c1ccc(CCN(CCc2ccccc2)CCc2ccccc2)cc1. The molecule has 0 saturated carbocycles. The Kier molecular flexibility index (Phi) is 6.84. The molecule has 1 heteroatoms. The summed E-state index contributed by atoms with van der Waals surface area (Å²) in [6, 6.07) is 32.4. The normalized spacial score (nSPS) is 10.9. The average molecular weight is 329 g/mol. The van der Waals surface area contributed by atoms with E-state index in [1.54, 1.807) is 0 Å². The Labute approximate surface area is 151 Å². The van der Waals surface area contributed by atoms with Crippen LogP contribution in [0.5, 0.6) is 0 Å². The maximum absolute atomic E-state index is 2.60. The molecule has 0 amide bonds. The molecule has 0 heterocycles. The summed E-state index contributed by atoms with van der Waals surface area (Å²) in [7, 11) is 0. The van der Waals surface area contributed by atoms with Gasteiger partial charge in [-0.15, -0.1) is 0 Å². The lowest BCUT2D eigenvalue weighted by molar-refractivity contribution is 0.284. The molecule has 0 bridgehead atoms.